The lowest BCUT2D eigenvalue weighted by molar-refractivity contribution is -0.114. The first-order valence-corrected chi connectivity index (χ1v) is 8.48. The first-order chi connectivity index (χ1) is 13.0. The summed E-state index contributed by atoms with van der Waals surface area (Å²) >= 11 is 0. The minimum atomic E-state index is -0.593. The molecule has 2 aliphatic heterocycles. The third kappa shape index (κ3) is 2.81. The molecule has 0 spiro atoms. The normalized spacial score (nSPS) is 19.3. The number of carbonyl (C=O) groups is 2. The van der Waals surface area contributed by atoms with Gasteiger partial charge in [-0.1, -0.05) is 18.2 Å². The third-order valence-electron chi connectivity index (χ3n) is 4.91. The number of anilines is 1. The van der Waals surface area contributed by atoms with Crippen molar-refractivity contribution in [3.63, 3.8) is 0 Å². The molecule has 3 amide bonds. The van der Waals surface area contributed by atoms with Gasteiger partial charge in [0.1, 0.15) is 11.6 Å². The highest BCUT2D eigenvalue weighted by molar-refractivity contribution is 6.11. The van der Waals surface area contributed by atoms with Gasteiger partial charge >= 0.3 is 6.03 Å². The summed E-state index contributed by atoms with van der Waals surface area (Å²) in [5, 5.41) is 2.87. The predicted octanol–water partition coefficient (Wildman–Crippen LogP) is 2.83. The van der Waals surface area contributed by atoms with Gasteiger partial charge in [-0.25, -0.2) is 9.18 Å². The van der Waals surface area contributed by atoms with Crippen LogP contribution >= 0.6 is 0 Å². The molecule has 6 nitrogen and oxygen atoms in total. The van der Waals surface area contributed by atoms with Crippen molar-refractivity contribution < 1.29 is 18.7 Å². The lowest BCUT2D eigenvalue weighted by atomic mass is 9.95. The molecular formula is C20H18FN3O3. The fourth-order valence-electron chi connectivity index (χ4n) is 3.49. The number of urea groups is 1. The Hall–Kier alpha value is -3.35. The molecular weight excluding hydrogens is 349 g/mol. The molecule has 0 aliphatic carbocycles. The van der Waals surface area contributed by atoms with E-state index in [9.17, 15) is 14.0 Å². The van der Waals surface area contributed by atoms with Crippen molar-refractivity contribution in [1.82, 2.24) is 10.2 Å². The van der Waals surface area contributed by atoms with Crippen LogP contribution in [0.2, 0.25) is 0 Å². The zero-order valence-corrected chi connectivity index (χ0v) is 14.9. The molecule has 0 saturated heterocycles. The van der Waals surface area contributed by atoms with Crippen LogP contribution in [0.25, 0.3) is 0 Å². The Morgan fingerprint density at radius 2 is 1.93 bits per heavy atom. The number of benzene rings is 2. The first kappa shape index (κ1) is 17.1. The van der Waals surface area contributed by atoms with Crippen LogP contribution in [0.1, 0.15) is 11.6 Å². The summed E-state index contributed by atoms with van der Waals surface area (Å²) in [7, 11) is 3.18. The van der Waals surface area contributed by atoms with Gasteiger partial charge in [0.2, 0.25) is 0 Å². The van der Waals surface area contributed by atoms with E-state index in [1.807, 2.05) is 12.1 Å². The van der Waals surface area contributed by atoms with Crippen LogP contribution in [0.15, 0.2) is 59.8 Å². The number of carbonyl (C=O) groups excluding carboxylic acids is 2. The summed E-state index contributed by atoms with van der Waals surface area (Å²) < 4.78 is 18.9. The summed E-state index contributed by atoms with van der Waals surface area (Å²) in [6, 6.07) is 12.2. The maximum atomic E-state index is 13.6. The minimum absolute atomic E-state index is 0.210. The standard InChI is InChI=1S/C20H18FN3O3/c1-23-16-11-24(14-7-4-6-13(21)10-14)19(25)17(16)18(22-20(23)26)12-5-3-8-15(9-12)27-2/h3-10,18H,11H2,1-2H3,(H,22,26)/t18-/m1/s1. The fourth-order valence-corrected chi connectivity index (χ4v) is 3.49. The van der Waals surface area contributed by atoms with Crippen molar-refractivity contribution in [2.75, 3.05) is 25.6 Å². The first-order valence-electron chi connectivity index (χ1n) is 8.48. The predicted molar refractivity (Wildman–Crippen MR) is 97.8 cm³/mol. The summed E-state index contributed by atoms with van der Waals surface area (Å²) in [6.45, 7) is 0.210. The highest BCUT2D eigenvalue weighted by atomic mass is 19.1. The Kier molecular flexibility index (Phi) is 4.07. The van der Waals surface area contributed by atoms with Crippen LogP contribution in [-0.4, -0.2) is 37.5 Å². The summed E-state index contributed by atoms with van der Waals surface area (Å²) in [4.78, 5) is 28.5. The molecule has 0 saturated carbocycles. The lowest BCUT2D eigenvalue weighted by Crippen LogP contribution is -2.45. The van der Waals surface area contributed by atoms with E-state index in [0.717, 1.165) is 5.56 Å². The number of hydrogen-bond acceptors (Lipinski definition) is 3. The van der Waals surface area contributed by atoms with Gasteiger partial charge in [-0.15, -0.1) is 0 Å². The number of nitrogens with one attached hydrogen (secondary N) is 1. The molecule has 2 heterocycles. The Bertz CT molecular complexity index is 972. The van der Waals surface area contributed by atoms with E-state index in [-0.39, 0.29) is 18.5 Å². The van der Waals surface area contributed by atoms with Crippen molar-refractivity contribution in [2.45, 2.75) is 6.04 Å². The monoisotopic (exact) mass is 367 g/mol. The number of nitrogens with zero attached hydrogens (tertiary/aromatic N) is 2. The van der Waals surface area contributed by atoms with Crippen LogP contribution in [0.5, 0.6) is 5.75 Å². The molecule has 4 rings (SSSR count). The fraction of sp³-hybridized carbons (Fsp3) is 0.200. The Labute approximate surface area is 155 Å². The lowest BCUT2D eigenvalue weighted by Gasteiger charge is -2.31. The zero-order valence-electron chi connectivity index (χ0n) is 14.9. The summed E-state index contributed by atoms with van der Waals surface area (Å²) in [6.07, 6.45) is 0. The van der Waals surface area contributed by atoms with Crippen LogP contribution < -0.4 is 15.0 Å². The van der Waals surface area contributed by atoms with E-state index in [0.29, 0.717) is 22.7 Å². The molecule has 0 fully saturated rings. The van der Waals surface area contributed by atoms with E-state index >= 15 is 0 Å². The van der Waals surface area contributed by atoms with Crippen LogP contribution in [0.3, 0.4) is 0 Å². The summed E-state index contributed by atoms with van der Waals surface area (Å²) in [5.74, 6) is -0.0393. The van der Waals surface area contributed by atoms with Crippen molar-refractivity contribution in [2.24, 2.45) is 0 Å². The smallest absolute Gasteiger partial charge is 0.322 e. The van der Waals surface area contributed by atoms with Gasteiger partial charge < -0.3 is 15.0 Å². The molecule has 138 valence electrons. The molecule has 2 aromatic carbocycles. The average molecular weight is 367 g/mol. The van der Waals surface area contributed by atoms with Gasteiger partial charge in [0.05, 0.1) is 31.0 Å². The Balaban J connectivity index is 1.77. The van der Waals surface area contributed by atoms with E-state index in [1.165, 1.54) is 21.9 Å². The Morgan fingerprint density at radius 1 is 1.15 bits per heavy atom. The van der Waals surface area contributed by atoms with Gasteiger partial charge in [0.15, 0.2) is 0 Å². The molecule has 2 aromatic rings. The van der Waals surface area contributed by atoms with E-state index < -0.39 is 11.9 Å². The second-order valence-corrected chi connectivity index (χ2v) is 6.45. The maximum absolute atomic E-state index is 13.6. The third-order valence-corrected chi connectivity index (χ3v) is 4.91. The van der Waals surface area contributed by atoms with E-state index in [1.54, 1.807) is 38.4 Å². The average Bonchev–Trinajstić information content (AvgIpc) is 3.02. The highest BCUT2D eigenvalue weighted by Crippen LogP contribution is 2.38. The molecule has 0 unspecified atom stereocenters. The number of likely N-dealkylation sites (N-methyl/N-ethyl adjacent to an activating group) is 1. The molecule has 27 heavy (non-hydrogen) atoms. The number of hydrogen-bond donors (Lipinski definition) is 1. The van der Waals surface area contributed by atoms with Crippen LogP contribution in [0.4, 0.5) is 14.9 Å². The van der Waals surface area contributed by atoms with Gasteiger partial charge in [0, 0.05) is 12.7 Å². The van der Waals surface area contributed by atoms with Gasteiger partial charge in [0.25, 0.3) is 5.91 Å². The SMILES string of the molecule is COc1cccc([C@H]2NC(=O)N(C)C3=C2C(=O)N(c2cccc(F)c2)C3)c1. The molecule has 7 heteroatoms. The second-order valence-electron chi connectivity index (χ2n) is 6.45. The van der Waals surface area contributed by atoms with Gasteiger partial charge in [-0.05, 0) is 35.9 Å². The minimum Gasteiger partial charge on any atom is -0.497 e. The molecule has 1 atom stereocenters. The molecule has 1 N–H and O–H groups in total. The number of methoxy groups -OCH3 is 1. The number of halogens is 1. The van der Waals surface area contributed by atoms with Crippen molar-refractivity contribution >= 4 is 17.6 Å². The summed E-state index contributed by atoms with van der Waals surface area (Å²) in [5.41, 5.74) is 2.30. The highest BCUT2D eigenvalue weighted by Gasteiger charge is 2.43. The second kappa shape index (κ2) is 6.42. The zero-order chi connectivity index (χ0) is 19.1. The topological polar surface area (TPSA) is 61.9 Å². The maximum Gasteiger partial charge on any atom is 0.322 e. The van der Waals surface area contributed by atoms with Gasteiger partial charge in [-0.3, -0.25) is 9.69 Å². The number of ether oxygens (including phenoxy) is 1. The molecule has 0 aromatic heterocycles. The van der Waals surface area contributed by atoms with Crippen molar-refractivity contribution in [1.29, 1.82) is 0 Å². The van der Waals surface area contributed by atoms with Gasteiger partial charge in [-0.2, -0.15) is 0 Å². The van der Waals surface area contributed by atoms with Crippen molar-refractivity contribution in [3.05, 3.63) is 71.2 Å². The van der Waals surface area contributed by atoms with E-state index in [4.69, 9.17) is 4.74 Å². The number of amides is 3. The van der Waals surface area contributed by atoms with E-state index in [2.05, 4.69) is 5.32 Å². The van der Waals surface area contributed by atoms with Crippen LogP contribution in [0, 0.1) is 5.82 Å². The largest absolute Gasteiger partial charge is 0.497 e. The molecule has 0 bridgehead atoms. The Morgan fingerprint density at radius 3 is 2.67 bits per heavy atom. The quantitative estimate of drug-likeness (QED) is 0.907. The molecule has 0 radical (unpaired) electrons. The van der Waals surface area contributed by atoms with Crippen LogP contribution in [-0.2, 0) is 4.79 Å². The number of rotatable bonds is 3. The van der Waals surface area contributed by atoms with Crippen molar-refractivity contribution in [3.8, 4) is 5.75 Å². The molecule has 2 aliphatic rings.